The Hall–Kier alpha value is -1.17. The summed E-state index contributed by atoms with van der Waals surface area (Å²) < 4.78 is 7.32. The van der Waals surface area contributed by atoms with E-state index >= 15 is 0 Å². The molecule has 6 heteroatoms. The lowest BCUT2D eigenvalue weighted by Crippen LogP contribution is -1.99. The fourth-order valence-electron chi connectivity index (χ4n) is 1.27. The molecule has 2 aromatic heterocycles. The largest absolute Gasteiger partial charge is 0.331 e. The highest BCUT2D eigenvalue weighted by molar-refractivity contribution is 9.10. The van der Waals surface area contributed by atoms with Gasteiger partial charge < -0.3 is 4.52 Å². The molecule has 0 saturated heterocycles. The molecule has 0 fully saturated rings. The number of hydrogen-bond donors (Lipinski definition) is 0. The highest BCUT2D eigenvalue weighted by atomic mass is 79.9. The molecule has 0 N–H and O–H groups in total. The third kappa shape index (κ3) is 1.57. The van der Waals surface area contributed by atoms with E-state index in [2.05, 4.69) is 31.2 Å². The topological polar surface area (TPSA) is 56.7 Å². The quantitative estimate of drug-likeness (QED) is 0.825. The van der Waals surface area contributed by atoms with Crippen LogP contribution in [0.15, 0.2) is 15.3 Å². The van der Waals surface area contributed by atoms with Crippen molar-refractivity contribution in [3.63, 3.8) is 0 Å². The van der Waals surface area contributed by atoms with Crippen LogP contribution in [0.5, 0.6) is 0 Å². The van der Waals surface area contributed by atoms with Gasteiger partial charge in [-0.2, -0.15) is 10.1 Å². The Labute approximate surface area is 89.2 Å². The van der Waals surface area contributed by atoms with Crippen LogP contribution >= 0.6 is 15.9 Å². The van der Waals surface area contributed by atoms with E-state index in [1.165, 1.54) is 0 Å². The van der Waals surface area contributed by atoms with Gasteiger partial charge in [-0.15, -0.1) is 0 Å². The molecule has 2 heterocycles. The van der Waals surface area contributed by atoms with Crippen LogP contribution in [-0.4, -0.2) is 19.9 Å². The zero-order chi connectivity index (χ0) is 10.1. The average molecular weight is 257 g/mol. The summed E-state index contributed by atoms with van der Waals surface area (Å²) in [5.41, 5.74) is 1.79. The number of nitrogens with zero attached hydrogens (tertiary/aromatic N) is 4. The summed E-state index contributed by atoms with van der Waals surface area (Å²) in [6.45, 7) is 4.73. The molecule has 0 atom stereocenters. The van der Waals surface area contributed by atoms with Crippen LogP contribution in [-0.2, 0) is 6.54 Å². The van der Waals surface area contributed by atoms with Crippen LogP contribution < -0.4 is 0 Å². The first-order valence-corrected chi connectivity index (χ1v) is 5.04. The summed E-state index contributed by atoms with van der Waals surface area (Å²) in [6.07, 6.45) is 0. The van der Waals surface area contributed by atoms with E-state index in [0.29, 0.717) is 10.6 Å². The smallest absolute Gasteiger partial charge is 0.276 e. The molecule has 0 aromatic carbocycles. The van der Waals surface area contributed by atoms with Gasteiger partial charge in [0.05, 0.1) is 5.69 Å². The van der Waals surface area contributed by atoms with Crippen molar-refractivity contribution in [3.8, 4) is 11.6 Å². The zero-order valence-corrected chi connectivity index (χ0v) is 9.45. The van der Waals surface area contributed by atoms with Crippen LogP contribution in [0.2, 0.25) is 0 Å². The molecule has 0 aliphatic carbocycles. The second kappa shape index (κ2) is 3.53. The van der Waals surface area contributed by atoms with Crippen LogP contribution in [0, 0.1) is 6.92 Å². The molecule has 0 bridgehead atoms. The zero-order valence-electron chi connectivity index (χ0n) is 7.86. The minimum absolute atomic E-state index is 0.453. The predicted octanol–water partition coefficient (Wildman–Crippen LogP) is 2.02. The molecule has 14 heavy (non-hydrogen) atoms. The van der Waals surface area contributed by atoms with E-state index in [4.69, 9.17) is 4.52 Å². The number of aryl methyl sites for hydroxylation is 2. The molecule has 0 radical (unpaired) electrons. The van der Waals surface area contributed by atoms with Gasteiger partial charge in [-0.1, -0.05) is 0 Å². The third-order valence-corrected chi connectivity index (χ3v) is 2.14. The van der Waals surface area contributed by atoms with E-state index in [1.807, 2.05) is 24.6 Å². The van der Waals surface area contributed by atoms with Crippen molar-refractivity contribution in [2.75, 3.05) is 0 Å². The van der Waals surface area contributed by atoms with Crippen molar-refractivity contribution in [2.24, 2.45) is 0 Å². The average Bonchev–Trinajstić information content (AvgIpc) is 2.71. The standard InChI is InChI=1S/C8H9BrN4O/c1-3-13-6(4-5(2)11-13)7-10-8(9)12-14-7/h4H,3H2,1-2H3. The maximum absolute atomic E-state index is 5.04. The fourth-order valence-corrected chi connectivity index (χ4v) is 1.50. The van der Waals surface area contributed by atoms with Crippen LogP contribution in [0.4, 0.5) is 0 Å². The molecule has 0 amide bonds. The van der Waals surface area contributed by atoms with Crippen molar-refractivity contribution in [2.45, 2.75) is 20.4 Å². The Kier molecular flexibility index (Phi) is 2.37. The molecular formula is C8H9BrN4O. The second-order valence-corrected chi connectivity index (χ2v) is 3.56. The maximum atomic E-state index is 5.04. The summed E-state index contributed by atoms with van der Waals surface area (Å²) in [5.74, 6) is 0.485. The second-order valence-electron chi connectivity index (χ2n) is 2.86. The maximum Gasteiger partial charge on any atom is 0.276 e. The van der Waals surface area contributed by atoms with E-state index in [9.17, 15) is 0 Å². The van der Waals surface area contributed by atoms with E-state index in [0.717, 1.165) is 17.9 Å². The van der Waals surface area contributed by atoms with Crippen molar-refractivity contribution in [1.82, 2.24) is 19.9 Å². The Morgan fingerprint density at radius 3 is 2.93 bits per heavy atom. The number of halogens is 1. The van der Waals surface area contributed by atoms with Gasteiger partial charge in [0.15, 0.2) is 0 Å². The molecule has 0 saturated carbocycles. The fraction of sp³-hybridized carbons (Fsp3) is 0.375. The van der Waals surface area contributed by atoms with E-state index in [1.54, 1.807) is 0 Å². The summed E-state index contributed by atoms with van der Waals surface area (Å²) in [6, 6.07) is 1.92. The van der Waals surface area contributed by atoms with Gasteiger partial charge >= 0.3 is 0 Å². The molecule has 74 valence electrons. The highest BCUT2D eigenvalue weighted by Gasteiger charge is 2.13. The Bertz CT molecular complexity index is 448. The lowest BCUT2D eigenvalue weighted by Gasteiger charge is -1.97. The molecule has 5 nitrogen and oxygen atoms in total. The first kappa shape index (κ1) is 9.39. The molecule has 0 aliphatic heterocycles. The van der Waals surface area contributed by atoms with Crippen molar-refractivity contribution in [3.05, 3.63) is 16.5 Å². The normalized spacial score (nSPS) is 10.8. The van der Waals surface area contributed by atoms with Crippen LogP contribution in [0.25, 0.3) is 11.6 Å². The first-order valence-electron chi connectivity index (χ1n) is 4.24. The van der Waals surface area contributed by atoms with Gasteiger partial charge in [-0.05, 0) is 41.0 Å². The van der Waals surface area contributed by atoms with Crippen LogP contribution in [0.1, 0.15) is 12.6 Å². The third-order valence-electron chi connectivity index (χ3n) is 1.82. The highest BCUT2D eigenvalue weighted by Crippen LogP contribution is 2.19. The van der Waals surface area contributed by atoms with E-state index < -0.39 is 0 Å². The van der Waals surface area contributed by atoms with Crippen LogP contribution in [0.3, 0.4) is 0 Å². The monoisotopic (exact) mass is 256 g/mol. The first-order chi connectivity index (χ1) is 6.70. The summed E-state index contributed by atoms with van der Waals surface area (Å²) in [4.78, 5) is 4.08. The minimum atomic E-state index is 0.453. The Morgan fingerprint density at radius 2 is 2.36 bits per heavy atom. The lowest BCUT2D eigenvalue weighted by atomic mass is 10.3. The van der Waals surface area contributed by atoms with Gasteiger partial charge in [0, 0.05) is 6.54 Å². The summed E-state index contributed by atoms with van der Waals surface area (Å²) >= 11 is 3.14. The number of aromatic nitrogens is 4. The van der Waals surface area contributed by atoms with Gasteiger partial charge in [-0.3, -0.25) is 4.68 Å². The molecule has 0 unspecified atom stereocenters. The number of hydrogen-bond acceptors (Lipinski definition) is 4. The SMILES string of the molecule is CCn1nc(C)cc1-c1nc(Br)no1. The number of rotatable bonds is 2. The van der Waals surface area contributed by atoms with Crippen molar-refractivity contribution < 1.29 is 4.52 Å². The van der Waals surface area contributed by atoms with Crippen molar-refractivity contribution in [1.29, 1.82) is 0 Å². The van der Waals surface area contributed by atoms with Crippen molar-refractivity contribution >= 4 is 15.9 Å². The van der Waals surface area contributed by atoms with E-state index in [-0.39, 0.29) is 0 Å². The van der Waals surface area contributed by atoms with Gasteiger partial charge in [0.2, 0.25) is 4.73 Å². The van der Waals surface area contributed by atoms with Gasteiger partial charge in [-0.25, -0.2) is 0 Å². The molecule has 0 aliphatic rings. The Morgan fingerprint density at radius 1 is 1.57 bits per heavy atom. The summed E-state index contributed by atoms with van der Waals surface area (Å²) in [5, 5.41) is 7.96. The summed E-state index contributed by atoms with van der Waals surface area (Å²) in [7, 11) is 0. The predicted molar refractivity (Wildman–Crippen MR) is 53.6 cm³/mol. The minimum Gasteiger partial charge on any atom is -0.331 e. The lowest BCUT2D eigenvalue weighted by molar-refractivity contribution is 0.421. The molecule has 2 aromatic rings. The van der Waals surface area contributed by atoms with Gasteiger partial charge in [0.1, 0.15) is 5.69 Å². The molecular weight excluding hydrogens is 248 g/mol. The molecule has 2 rings (SSSR count). The Balaban J connectivity index is 2.49. The molecule has 0 spiro atoms. The van der Waals surface area contributed by atoms with Gasteiger partial charge in [0.25, 0.3) is 5.89 Å².